The standard InChI is InChI=1S/C42H61ClN4O4S/c1-8-10-31-23-35(43)14-15-36(31)34-26-46-25-33-12-16-37(33)42(50-7,28-45-19-21-47(22-20-45)41(4,5)6)18-9-11-29(2)30(3)52(49)44-40(48)32-13-17-39(51-27-34)38(46)24-32/h9,13-15,17-18,23-24,29-30,33-34,37H,8,10-12,16,19-22,25-28H2,1-7H3,(H,44,48)/b18-9+. The van der Waals surface area contributed by atoms with E-state index < -0.39 is 16.6 Å². The lowest BCUT2D eigenvalue weighted by molar-refractivity contribution is -0.0974. The molecule has 52 heavy (non-hydrogen) atoms. The van der Waals surface area contributed by atoms with Crippen LogP contribution in [0.3, 0.4) is 0 Å². The summed E-state index contributed by atoms with van der Waals surface area (Å²) in [7, 11) is 0.354. The average Bonchev–Trinajstić information content (AvgIpc) is 3.28. The van der Waals surface area contributed by atoms with Crippen molar-refractivity contribution in [2.45, 2.75) is 96.0 Å². The number of amides is 1. The summed E-state index contributed by atoms with van der Waals surface area (Å²) in [5, 5.41) is 0.534. The number of carbonyl (C=O) groups is 1. The number of benzene rings is 2. The maximum absolute atomic E-state index is 13.6. The van der Waals surface area contributed by atoms with Crippen molar-refractivity contribution < 1.29 is 18.5 Å². The zero-order chi connectivity index (χ0) is 37.2. The average molecular weight is 753 g/mol. The number of ether oxygens (including phenoxy) is 2. The fraction of sp³-hybridized carbons (Fsp3) is 0.643. The molecule has 2 aromatic rings. The van der Waals surface area contributed by atoms with Crippen LogP contribution in [0.1, 0.15) is 94.6 Å². The van der Waals surface area contributed by atoms with E-state index in [1.807, 2.05) is 32.2 Å². The molecule has 0 spiro atoms. The van der Waals surface area contributed by atoms with Crippen LogP contribution in [0, 0.1) is 17.8 Å². The van der Waals surface area contributed by atoms with E-state index in [4.69, 9.17) is 21.1 Å². The third-order valence-corrected chi connectivity index (χ3v) is 14.2. The molecule has 1 saturated carbocycles. The highest BCUT2D eigenvalue weighted by atomic mass is 35.5. The van der Waals surface area contributed by atoms with Gasteiger partial charge in [0.25, 0.3) is 5.91 Å². The first-order valence-electron chi connectivity index (χ1n) is 19.5. The van der Waals surface area contributed by atoms with Gasteiger partial charge >= 0.3 is 0 Å². The number of hydrogen-bond acceptors (Lipinski definition) is 7. The molecule has 7 unspecified atom stereocenters. The second kappa shape index (κ2) is 16.5. The summed E-state index contributed by atoms with van der Waals surface area (Å²) < 4.78 is 29.6. The summed E-state index contributed by atoms with van der Waals surface area (Å²) in [6.45, 7) is 20.3. The first-order valence-corrected chi connectivity index (χ1v) is 21.1. The lowest BCUT2D eigenvalue weighted by atomic mass is 9.63. The molecule has 7 atom stereocenters. The van der Waals surface area contributed by atoms with Gasteiger partial charge < -0.3 is 14.4 Å². The lowest BCUT2D eigenvalue weighted by Gasteiger charge is -2.52. The third kappa shape index (κ3) is 8.59. The Morgan fingerprint density at radius 3 is 2.50 bits per heavy atom. The molecule has 1 aliphatic carbocycles. The van der Waals surface area contributed by atoms with Crippen molar-refractivity contribution >= 4 is 34.2 Å². The van der Waals surface area contributed by atoms with Crippen LogP contribution in [-0.2, 0) is 22.1 Å². The largest absolute Gasteiger partial charge is 0.491 e. The third-order valence-electron chi connectivity index (χ3n) is 12.4. The summed E-state index contributed by atoms with van der Waals surface area (Å²) in [6.07, 6.45) is 9.58. The summed E-state index contributed by atoms with van der Waals surface area (Å²) in [6, 6.07) is 12.0. The van der Waals surface area contributed by atoms with Crippen molar-refractivity contribution in [3.63, 3.8) is 0 Å². The topological polar surface area (TPSA) is 74.3 Å². The molecule has 1 saturated heterocycles. The van der Waals surface area contributed by atoms with Crippen LogP contribution in [0.2, 0.25) is 5.02 Å². The predicted octanol–water partition coefficient (Wildman–Crippen LogP) is 7.48. The minimum atomic E-state index is -1.54. The van der Waals surface area contributed by atoms with E-state index in [1.54, 1.807) is 6.07 Å². The van der Waals surface area contributed by atoms with Crippen molar-refractivity contribution in [1.29, 1.82) is 0 Å². The quantitative estimate of drug-likeness (QED) is 0.307. The Balaban J connectivity index is 1.37. The number of carbonyl (C=O) groups excluding carboxylic acids is 1. The number of fused-ring (bicyclic) bond motifs is 2. The van der Waals surface area contributed by atoms with Gasteiger partial charge in [-0.3, -0.25) is 19.3 Å². The molecule has 2 aromatic carbocycles. The lowest BCUT2D eigenvalue weighted by Crippen LogP contribution is -2.60. The van der Waals surface area contributed by atoms with Crippen LogP contribution in [0.4, 0.5) is 5.69 Å². The Kier molecular flexibility index (Phi) is 12.5. The van der Waals surface area contributed by atoms with E-state index in [2.05, 4.69) is 78.3 Å². The highest BCUT2D eigenvalue weighted by molar-refractivity contribution is 7.84. The molecule has 1 N–H and O–H groups in total. The van der Waals surface area contributed by atoms with E-state index in [0.29, 0.717) is 24.0 Å². The maximum Gasteiger partial charge on any atom is 0.263 e. The SMILES string of the molecule is CCCc1cc(Cl)ccc1C1COc2ccc3cc2N(C1)CC1CCC1C(CN1CCN(C(C)(C)C)CC1)(OC)/C=C/CC(C)C(C)S(=O)NC3=O. The fourth-order valence-electron chi connectivity index (χ4n) is 8.80. The number of aryl methyl sites for hydroxylation is 1. The van der Waals surface area contributed by atoms with E-state index in [0.717, 1.165) is 94.4 Å². The molecular weight excluding hydrogens is 692 g/mol. The summed E-state index contributed by atoms with van der Waals surface area (Å²) in [5.41, 5.74) is 3.67. The molecule has 2 fully saturated rings. The molecule has 4 aliphatic rings. The summed E-state index contributed by atoms with van der Waals surface area (Å²) >= 11 is 6.51. The molecule has 6 rings (SSSR count). The second-order valence-electron chi connectivity index (χ2n) is 16.8. The number of nitrogens with zero attached hydrogens (tertiary/aromatic N) is 3. The van der Waals surface area contributed by atoms with Crippen molar-refractivity contribution in [2.24, 2.45) is 17.8 Å². The molecule has 10 heteroatoms. The van der Waals surface area contributed by atoms with Crippen molar-refractivity contribution in [2.75, 3.05) is 64.4 Å². The van der Waals surface area contributed by atoms with Crippen molar-refractivity contribution in [3.8, 4) is 5.75 Å². The first kappa shape index (κ1) is 39.3. The molecule has 8 nitrogen and oxygen atoms in total. The molecule has 1 amide bonds. The van der Waals surface area contributed by atoms with E-state index >= 15 is 0 Å². The van der Waals surface area contributed by atoms with Gasteiger partial charge in [0.05, 0.1) is 17.5 Å². The summed E-state index contributed by atoms with van der Waals surface area (Å²) in [4.78, 5) is 21.2. The van der Waals surface area contributed by atoms with Gasteiger partial charge in [0.15, 0.2) is 0 Å². The van der Waals surface area contributed by atoms with Crippen molar-refractivity contribution in [1.82, 2.24) is 14.5 Å². The smallest absolute Gasteiger partial charge is 0.263 e. The first-order chi connectivity index (χ1) is 24.8. The predicted molar refractivity (Wildman–Crippen MR) is 214 cm³/mol. The van der Waals surface area contributed by atoms with E-state index in [-0.39, 0.29) is 28.5 Å². The van der Waals surface area contributed by atoms with Crippen LogP contribution in [-0.4, -0.2) is 95.8 Å². The Bertz CT molecular complexity index is 1620. The number of allylic oxidation sites excluding steroid dienone is 1. The molecule has 286 valence electrons. The number of nitrogens with one attached hydrogen (secondary N) is 1. The second-order valence-corrected chi connectivity index (χ2v) is 18.8. The fourth-order valence-corrected chi connectivity index (χ4v) is 10.0. The van der Waals surface area contributed by atoms with Gasteiger partial charge in [0.1, 0.15) is 22.3 Å². The summed E-state index contributed by atoms with van der Waals surface area (Å²) in [5.74, 6) is 1.40. The molecule has 0 radical (unpaired) electrons. The molecule has 2 bridgehead atoms. The van der Waals surface area contributed by atoms with Crippen LogP contribution in [0.25, 0.3) is 0 Å². The molecule has 3 heterocycles. The number of halogens is 1. The number of anilines is 1. The minimum absolute atomic E-state index is 0.103. The van der Waals surface area contributed by atoms with Gasteiger partial charge in [0, 0.05) is 75.0 Å². The van der Waals surface area contributed by atoms with Gasteiger partial charge in [-0.2, -0.15) is 0 Å². The minimum Gasteiger partial charge on any atom is -0.491 e. The number of hydrogen-bond donors (Lipinski definition) is 1. The highest BCUT2D eigenvalue weighted by Gasteiger charge is 2.49. The van der Waals surface area contributed by atoms with Gasteiger partial charge in [0.2, 0.25) is 0 Å². The number of methoxy groups -OCH3 is 1. The molecule has 3 aliphatic heterocycles. The normalized spacial score (nSPS) is 31.5. The van der Waals surface area contributed by atoms with Crippen LogP contribution >= 0.6 is 11.6 Å². The van der Waals surface area contributed by atoms with Crippen LogP contribution < -0.4 is 14.4 Å². The highest BCUT2D eigenvalue weighted by Crippen LogP contribution is 2.47. The zero-order valence-electron chi connectivity index (χ0n) is 32.5. The van der Waals surface area contributed by atoms with Gasteiger partial charge in [-0.05, 0) is 113 Å². The van der Waals surface area contributed by atoms with Gasteiger partial charge in [-0.1, -0.05) is 50.1 Å². The van der Waals surface area contributed by atoms with Crippen LogP contribution in [0.5, 0.6) is 5.75 Å². The molecule has 0 aromatic heterocycles. The number of rotatable bonds is 6. The molecular formula is C42H61ClN4O4S. The number of piperazine rings is 1. The van der Waals surface area contributed by atoms with Gasteiger partial charge in [-0.25, -0.2) is 4.21 Å². The van der Waals surface area contributed by atoms with E-state index in [1.165, 1.54) is 11.1 Å². The van der Waals surface area contributed by atoms with Crippen LogP contribution in [0.15, 0.2) is 48.6 Å². The monoisotopic (exact) mass is 752 g/mol. The Morgan fingerprint density at radius 2 is 1.83 bits per heavy atom. The Morgan fingerprint density at radius 1 is 1.06 bits per heavy atom. The van der Waals surface area contributed by atoms with Crippen molar-refractivity contribution in [3.05, 3.63) is 70.3 Å². The maximum atomic E-state index is 13.6. The van der Waals surface area contributed by atoms with Gasteiger partial charge in [-0.15, -0.1) is 0 Å². The Hall–Kier alpha value is -2.43. The van der Waals surface area contributed by atoms with E-state index in [9.17, 15) is 9.00 Å². The zero-order valence-corrected chi connectivity index (χ0v) is 34.0. The Labute approximate surface area is 320 Å².